The Bertz CT molecular complexity index is 595. The van der Waals surface area contributed by atoms with Crippen LogP contribution in [0.5, 0.6) is 0 Å². The van der Waals surface area contributed by atoms with Crippen molar-refractivity contribution < 1.29 is 23.1 Å². The normalized spacial score (nSPS) is 12.5. The lowest BCUT2D eigenvalue weighted by Gasteiger charge is -2.10. The SMILES string of the molecule is CC(CNC(=O)Nc1ccc(S(C)(=O)=O)cc1)C(=O)O. The van der Waals surface area contributed by atoms with Gasteiger partial charge in [-0.1, -0.05) is 6.92 Å². The number of carboxylic acids is 1. The molecule has 0 spiro atoms. The summed E-state index contributed by atoms with van der Waals surface area (Å²) in [6.45, 7) is 1.48. The van der Waals surface area contributed by atoms with Gasteiger partial charge in [-0.05, 0) is 24.3 Å². The summed E-state index contributed by atoms with van der Waals surface area (Å²) in [6.07, 6.45) is 1.09. The van der Waals surface area contributed by atoms with Gasteiger partial charge in [-0.15, -0.1) is 0 Å². The lowest BCUT2D eigenvalue weighted by Crippen LogP contribution is -2.34. The Hall–Kier alpha value is -2.09. The zero-order valence-corrected chi connectivity index (χ0v) is 11.9. The Labute approximate surface area is 116 Å². The second kappa shape index (κ2) is 6.38. The number of carbonyl (C=O) groups is 2. The van der Waals surface area contributed by atoms with Crippen LogP contribution in [0.4, 0.5) is 10.5 Å². The average Bonchev–Trinajstić information content (AvgIpc) is 2.35. The van der Waals surface area contributed by atoms with E-state index in [9.17, 15) is 18.0 Å². The van der Waals surface area contributed by atoms with E-state index in [1.807, 2.05) is 0 Å². The van der Waals surface area contributed by atoms with Crippen molar-refractivity contribution in [1.82, 2.24) is 5.32 Å². The first kappa shape index (κ1) is 16.0. The van der Waals surface area contributed by atoms with Gasteiger partial charge in [0, 0.05) is 18.5 Å². The maximum Gasteiger partial charge on any atom is 0.319 e. The van der Waals surface area contributed by atoms with Crippen molar-refractivity contribution in [3.05, 3.63) is 24.3 Å². The zero-order valence-electron chi connectivity index (χ0n) is 11.1. The molecule has 1 aromatic carbocycles. The molecule has 0 aliphatic heterocycles. The number of rotatable bonds is 5. The summed E-state index contributed by atoms with van der Waals surface area (Å²) in [5, 5.41) is 13.5. The van der Waals surface area contributed by atoms with Crippen molar-refractivity contribution in [2.45, 2.75) is 11.8 Å². The molecule has 1 atom stereocenters. The quantitative estimate of drug-likeness (QED) is 0.749. The molecule has 0 aliphatic rings. The minimum absolute atomic E-state index is 0.00257. The fourth-order valence-corrected chi connectivity index (χ4v) is 1.92. The fourth-order valence-electron chi connectivity index (χ4n) is 1.29. The van der Waals surface area contributed by atoms with Crippen LogP contribution in [0.15, 0.2) is 29.2 Å². The number of benzene rings is 1. The summed E-state index contributed by atoms with van der Waals surface area (Å²) in [7, 11) is -3.27. The molecule has 1 unspecified atom stereocenters. The Balaban J connectivity index is 2.57. The van der Waals surface area contributed by atoms with Crippen LogP contribution in [-0.4, -0.2) is 38.3 Å². The van der Waals surface area contributed by atoms with Gasteiger partial charge in [0.05, 0.1) is 10.8 Å². The summed E-state index contributed by atoms with van der Waals surface area (Å²) >= 11 is 0. The van der Waals surface area contributed by atoms with Crippen molar-refractivity contribution in [3.63, 3.8) is 0 Å². The smallest absolute Gasteiger partial charge is 0.319 e. The second-order valence-corrected chi connectivity index (χ2v) is 6.39. The third-order valence-corrected chi connectivity index (χ3v) is 3.66. The molecule has 0 heterocycles. The van der Waals surface area contributed by atoms with Crippen LogP contribution in [-0.2, 0) is 14.6 Å². The van der Waals surface area contributed by atoms with Crippen LogP contribution in [0.2, 0.25) is 0 Å². The van der Waals surface area contributed by atoms with Gasteiger partial charge in [-0.2, -0.15) is 0 Å². The van der Waals surface area contributed by atoms with E-state index in [1.165, 1.54) is 31.2 Å². The minimum Gasteiger partial charge on any atom is -0.481 e. The second-order valence-electron chi connectivity index (χ2n) is 4.37. The van der Waals surface area contributed by atoms with Gasteiger partial charge in [-0.25, -0.2) is 13.2 Å². The minimum atomic E-state index is -3.27. The highest BCUT2D eigenvalue weighted by Crippen LogP contribution is 2.13. The first-order valence-corrected chi connectivity index (χ1v) is 7.67. The highest BCUT2D eigenvalue weighted by Gasteiger charge is 2.12. The molecule has 7 nitrogen and oxygen atoms in total. The Morgan fingerprint density at radius 1 is 1.25 bits per heavy atom. The van der Waals surface area contributed by atoms with Gasteiger partial charge < -0.3 is 15.7 Å². The summed E-state index contributed by atoms with van der Waals surface area (Å²) in [5.74, 6) is -1.68. The summed E-state index contributed by atoms with van der Waals surface area (Å²) < 4.78 is 22.5. The molecule has 3 N–H and O–H groups in total. The summed E-state index contributed by atoms with van der Waals surface area (Å²) in [4.78, 5) is 22.2. The van der Waals surface area contributed by atoms with Crippen molar-refractivity contribution in [3.8, 4) is 0 Å². The van der Waals surface area contributed by atoms with Crippen LogP contribution in [0.3, 0.4) is 0 Å². The predicted molar refractivity (Wildman–Crippen MR) is 73.4 cm³/mol. The number of anilines is 1. The highest BCUT2D eigenvalue weighted by molar-refractivity contribution is 7.90. The number of hydrogen-bond acceptors (Lipinski definition) is 4. The van der Waals surface area contributed by atoms with E-state index < -0.39 is 27.8 Å². The Kier molecular flexibility index (Phi) is 5.09. The molecule has 1 aromatic rings. The Morgan fingerprint density at radius 3 is 2.25 bits per heavy atom. The predicted octanol–water partition coefficient (Wildman–Crippen LogP) is 0.932. The largest absolute Gasteiger partial charge is 0.481 e. The van der Waals surface area contributed by atoms with Crippen LogP contribution < -0.4 is 10.6 Å². The highest BCUT2D eigenvalue weighted by atomic mass is 32.2. The van der Waals surface area contributed by atoms with E-state index in [0.717, 1.165) is 6.26 Å². The number of sulfone groups is 1. The maximum absolute atomic E-state index is 11.5. The topological polar surface area (TPSA) is 113 Å². The van der Waals surface area contributed by atoms with Gasteiger partial charge in [0.1, 0.15) is 0 Å². The van der Waals surface area contributed by atoms with Crippen molar-refractivity contribution >= 4 is 27.5 Å². The lowest BCUT2D eigenvalue weighted by molar-refractivity contribution is -0.140. The molecule has 0 radical (unpaired) electrons. The molecule has 0 saturated heterocycles. The number of urea groups is 1. The molecule has 2 amide bonds. The number of amides is 2. The Morgan fingerprint density at radius 2 is 1.80 bits per heavy atom. The molecule has 0 bridgehead atoms. The van der Waals surface area contributed by atoms with Crippen molar-refractivity contribution in [2.75, 3.05) is 18.1 Å². The van der Waals surface area contributed by atoms with Gasteiger partial charge in [0.15, 0.2) is 9.84 Å². The van der Waals surface area contributed by atoms with E-state index in [0.29, 0.717) is 5.69 Å². The van der Waals surface area contributed by atoms with E-state index >= 15 is 0 Å². The lowest BCUT2D eigenvalue weighted by atomic mass is 10.2. The van der Waals surface area contributed by atoms with Crippen molar-refractivity contribution in [2.24, 2.45) is 5.92 Å². The molecular formula is C12H16N2O5S. The van der Waals surface area contributed by atoms with Crippen LogP contribution >= 0.6 is 0 Å². The molecule has 0 aliphatic carbocycles. The molecule has 110 valence electrons. The van der Waals surface area contributed by atoms with Crippen LogP contribution in [0, 0.1) is 5.92 Å². The van der Waals surface area contributed by atoms with Gasteiger partial charge in [-0.3, -0.25) is 4.79 Å². The number of hydrogen-bond donors (Lipinski definition) is 3. The molecule has 0 aromatic heterocycles. The van der Waals surface area contributed by atoms with E-state index in [-0.39, 0.29) is 11.4 Å². The van der Waals surface area contributed by atoms with Gasteiger partial charge >= 0.3 is 12.0 Å². The summed E-state index contributed by atoms with van der Waals surface area (Å²) in [5.41, 5.74) is 0.415. The third kappa shape index (κ3) is 4.88. The third-order valence-electron chi connectivity index (χ3n) is 2.53. The van der Waals surface area contributed by atoms with Crippen LogP contribution in [0.1, 0.15) is 6.92 Å². The standard InChI is InChI=1S/C12H16N2O5S/c1-8(11(15)16)7-13-12(17)14-9-3-5-10(6-4-9)20(2,18)19/h3-6,8H,7H2,1-2H3,(H,15,16)(H2,13,14,17). The van der Waals surface area contributed by atoms with Crippen molar-refractivity contribution in [1.29, 1.82) is 0 Å². The number of aliphatic carboxylic acids is 1. The van der Waals surface area contributed by atoms with E-state index in [4.69, 9.17) is 5.11 Å². The molecular weight excluding hydrogens is 284 g/mol. The molecule has 20 heavy (non-hydrogen) atoms. The first-order valence-electron chi connectivity index (χ1n) is 5.78. The summed E-state index contributed by atoms with van der Waals surface area (Å²) in [6, 6.07) is 5.12. The first-order chi connectivity index (χ1) is 9.20. The molecule has 8 heteroatoms. The van der Waals surface area contributed by atoms with E-state index in [1.54, 1.807) is 0 Å². The fraction of sp³-hybridized carbons (Fsp3) is 0.333. The maximum atomic E-state index is 11.5. The number of nitrogens with one attached hydrogen (secondary N) is 2. The van der Waals surface area contributed by atoms with Crippen LogP contribution in [0.25, 0.3) is 0 Å². The average molecular weight is 300 g/mol. The number of carbonyl (C=O) groups excluding carboxylic acids is 1. The molecule has 1 rings (SSSR count). The van der Waals surface area contributed by atoms with Gasteiger partial charge in [0.2, 0.25) is 0 Å². The number of carboxylic acid groups (broad SMARTS) is 1. The zero-order chi connectivity index (χ0) is 15.3. The molecule has 0 fully saturated rings. The van der Waals surface area contributed by atoms with E-state index in [2.05, 4.69) is 10.6 Å². The monoisotopic (exact) mass is 300 g/mol. The molecule has 0 saturated carbocycles. The van der Waals surface area contributed by atoms with Gasteiger partial charge in [0.25, 0.3) is 0 Å².